The third-order valence-corrected chi connectivity index (χ3v) is 5.37. The van der Waals surface area contributed by atoms with E-state index in [1.54, 1.807) is 0 Å². The molecule has 0 spiro atoms. The summed E-state index contributed by atoms with van der Waals surface area (Å²) in [4.78, 5) is 4.81. The summed E-state index contributed by atoms with van der Waals surface area (Å²) in [5.41, 5.74) is 4.14. The second-order valence-corrected chi connectivity index (χ2v) is 7.56. The van der Waals surface area contributed by atoms with Gasteiger partial charge in [-0.25, -0.2) is 0 Å². The van der Waals surface area contributed by atoms with Crippen LogP contribution in [-0.2, 0) is 13.1 Å². The number of rotatable bonds is 8. The molecular weight excluding hydrogens is 322 g/mol. The third-order valence-electron chi connectivity index (χ3n) is 5.37. The molecule has 1 atom stereocenters. The summed E-state index contributed by atoms with van der Waals surface area (Å²) in [6.07, 6.45) is 2.19. The number of hydrogen-bond donors (Lipinski definition) is 0. The van der Waals surface area contributed by atoms with Crippen molar-refractivity contribution in [3.8, 4) is 5.75 Å². The molecule has 0 bridgehead atoms. The molecular formula is C22H33N3O. The lowest BCUT2D eigenvalue weighted by atomic mass is 10.0. The lowest BCUT2D eigenvalue weighted by Crippen LogP contribution is -2.37. The molecule has 4 nitrogen and oxygen atoms in total. The van der Waals surface area contributed by atoms with Crippen LogP contribution in [0.5, 0.6) is 5.75 Å². The lowest BCUT2D eigenvalue weighted by Gasteiger charge is -2.37. The molecule has 1 aromatic carbocycles. The largest absolute Gasteiger partial charge is 0.493 e. The second-order valence-electron chi connectivity index (χ2n) is 7.56. The molecule has 0 N–H and O–H groups in total. The monoisotopic (exact) mass is 355 g/mol. The highest BCUT2D eigenvalue weighted by molar-refractivity contribution is 5.33. The van der Waals surface area contributed by atoms with Gasteiger partial charge in [0.2, 0.25) is 0 Å². The van der Waals surface area contributed by atoms with E-state index in [2.05, 4.69) is 78.7 Å². The molecule has 0 radical (unpaired) electrons. The van der Waals surface area contributed by atoms with Gasteiger partial charge in [-0.3, -0.25) is 4.90 Å². The Hall–Kier alpha value is -1.78. The highest BCUT2D eigenvalue weighted by Gasteiger charge is 2.27. The zero-order chi connectivity index (χ0) is 18.5. The fourth-order valence-corrected chi connectivity index (χ4v) is 3.97. The summed E-state index contributed by atoms with van der Waals surface area (Å²) < 4.78 is 8.59. The van der Waals surface area contributed by atoms with Gasteiger partial charge >= 0.3 is 0 Å². The first kappa shape index (κ1) is 19.0. The fourth-order valence-electron chi connectivity index (χ4n) is 3.97. The smallest absolute Gasteiger partial charge is 0.123 e. The average Bonchev–Trinajstić information content (AvgIpc) is 3.01. The molecule has 0 aliphatic carbocycles. The van der Waals surface area contributed by atoms with Crippen molar-refractivity contribution in [2.45, 2.75) is 45.8 Å². The SMILES string of the molecule is CC[C@@H]1c2ccc(C)n2CCN1Cc1ccccc1OCCCN(C)C. The summed E-state index contributed by atoms with van der Waals surface area (Å²) in [7, 11) is 4.21. The molecule has 0 unspecified atom stereocenters. The molecule has 1 aliphatic heterocycles. The van der Waals surface area contributed by atoms with E-state index in [0.29, 0.717) is 6.04 Å². The van der Waals surface area contributed by atoms with Crippen LogP contribution in [0.4, 0.5) is 0 Å². The summed E-state index contributed by atoms with van der Waals surface area (Å²) in [5, 5.41) is 0. The molecule has 0 fully saturated rings. The van der Waals surface area contributed by atoms with Crippen LogP contribution in [0.2, 0.25) is 0 Å². The van der Waals surface area contributed by atoms with E-state index in [9.17, 15) is 0 Å². The average molecular weight is 356 g/mol. The number of fused-ring (bicyclic) bond motifs is 1. The Bertz CT molecular complexity index is 707. The molecule has 1 aromatic heterocycles. The Labute approximate surface area is 158 Å². The molecule has 0 saturated carbocycles. The maximum Gasteiger partial charge on any atom is 0.123 e. The van der Waals surface area contributed by atoms with Crippen molar-refractivity contribution in [3.63, 3.8) is 0 Å². The maximum atomic E-state index is 6.11. The Balaban J connectivity index is 1.69. The zero-order valence-corrected chi connectivity index (χ0v) is 16.7. The minimum atomic E-state index is 0.485. The van der Waals surface area contributed by atoms with Crippen molar-refractivity contribution in [1.29, 1.82) is 0 Å². The van der Waals surface area contributed by atoms with Crippen LogP contribution in [0.3, 0.4) is 0 Å². The number of para-hydroxylation sites is 1. The van der Waals surface area contributed by atoms with E-state index in [-0.39, 0.29) is 0 Å². The van der Waals surface area contributed by atoms with Crippen molar-refractivity contribution in [2.24, 2.45) is 0 Å². The molecule has 142 valence electrons. The van der Waals surface area contributed by atoms with Crippen molar-refractivity contribution in [2.75, 3.05) is 33.8 Å². The summed E-state index contributed by atoms with van der Waals surface area (Å²) in [6, 6.07) is 13.6. The van der Waals surface area contributed by atoms with Crippen LogP contribution < -0.4 is 4.74 Å². The van der Waals surface area contributed by atoms with E-state index < -0.39 is 0 Å². The highest BCUT2D eigenvalue weighted by atomic mass is 16.5. The van der Waals surface area contributed by atoms with E-state index in [1.807, 2.05) is 0 Å². The number of aromatic nitrogens is 1. The molecule has 2 aromatic rings. The van der Waals surface area contributed by atoms with Gasteiger partial charge in [0, 0.05) is 43.1 Å². The Morgan fingerprint density at radius 3 is 2.69 bits per heavy atom. The number of benzene rings is 1. The summed E-state index contributed by atoms with van der Waals surface area (Å²) in [5.74, 6) is 1.04. The van der Waals surface area contributed by atoms with Gasteiger partial charge in [0.05, 0.1) is 12.6 Å². The van der Waals surface area contributed by atoms with Crippen LogP contribution in [0.1, 0.15) is 42.8 Å². The molecule has 0 saturated heterocycles. The number of hydrogen-bond acceptors (Lipinski definition) is 3. The van der Waals surface area contributed by atoms with Gasteiger partial charge < -0.3 is 14.2 Å². The second kappa shape index (κ2) is 8.74. The quantitative estimate of drug-likeness (QED) is 0.665. The van der Waals surface area contributed by atoms with Gasteiger partial charge in [-0.1, -0.05) is 25.1 Å². The number of ether oxygens (including phenoxy) is 1. The van der Waals surface area contributed by atoms with Gasteiger partial charge in [0.15, 0.2) is 0 Å². The van der Waals surface area contributed by atoms with Gasteiger partial charge in [-0.05, 0) is 52.1 Å². The van der Waals surface area contributed by atoms with Gasteiger partial charge in [-0.2, -0.15) is 0 Å². The lowest BCUT2D eigenvalue weighted by molar-refractivity contribution is 0.141. The maximum absolute atomic E-state index is 6.11. The zero-order valence-electron chi connectivity index (χ0n) is 16.7. The minimum Gasteiger partial charge on any atom is -0.493 e. The van der Waals surface area contributed by atoms with Crippen molar-refractivity contribution < 1.29 is 4.74 Å². The van der Waals surface area contributed by atoms with Crippen molar-refractivity contribution in [3.05, 3.63) is 53.3 Å². The van der Waals surface area contributed by atoms with Crippen molar-refractivity contribution >= 4 is 0 Å². The van der Waals surface area contributed by atoms with E-state index >= 15 is 0 Å². The van der Waals surface area contributed by atoms with E-state index in [1.165, 1.54) is 17.0 Å². The predicted octanol–water partition coefficient (Wildman–Crippen LogP) is 4.09. The molecule has 2 heterocycles. The highest BCUT2D eigenvalue weighted by Crippen LogP contribution is 2.32. The minimum absolute atomic E-state index is 0.485. The topological polar surface area (TPSA) is 20.6 Å². The Morgan fingerprint density at radius 1 is 1.12 bits per heavy atom. The molecule has 1 aliphatic rings. The Morgan fingerprint density at radius 2 is 1.92 bits per heavy atom. The van der Waals surface area contributed by atoms with Gasteiger partial charge in [0.25, 0.3) is 0 Å². The van der Waals surface area contributed by atoms with Gasteiger partial charge in [0.1, 0.15) is 5.75 Å². The molecule has 4 heteroatoms. The van der Waals surface area contributed by atoms with Crippen LogP contribution >= 0.6 is 0 Å². The molecule has 26 heavy (non-hydrogen) atoms. The summed E-state index contributed by atoms with van der Waals surface area (Å²) >= 11 is 0. The van der Waals surface area contributed by atoms with E-state index in [4.69, 9.17) is 4.74 Å². The van der Waals surface area contributed by atoms with Crippen LogP contribution in [0, 0.1) is 6.92 Å². The number of aryl methyl sites for hydroxylation is 1. The standard InChI is InChI=1S/C22H33N3O/c1-5-20-21-12-11-18(2)25(21)15-14-24(20)17-19-9-6-7-10-22(19)26-16-8-13-23(3)4/h6-7,9-12,20H,5,8,13-17H2,1-4H3/t20-/m1/s1. The third kappa shape index (κ3) is 4.30. The first-order valence-electron chi connectivity index (χ1n) is 9.85. The van der Waals surface area contributed by atoms with Gasteiger partial charge in [-0.15, -0.1) is 0 Å². The van der Waals surface area contributed by atoms with Crippen LogP contribution in [0.15, 0.2) is 36.4 Å². The fraction of sp³-hybridized carbons (Fsp3) is 0.545. The summed E-state index contributed by atoms with van der Waals surface area (Å²) in [6.45, 7) is 9.46. The number of nitrogens with zero attached hydrogens (tertiary/aromatic N) is 3. The molecule has 3 rings (SSSR count). The van der Waals surface area contributed by atoms with Crippen LogP contribution in [0.25, 0.3) is 0 Å². The normalized spacial score (nSPS) is 17.5. The van der Waals surface area contributed by atoms with Crippen molar-refractivity contribution in [1.82, 2.24) is 14.4 Å². The first-order chi connectivity index (χ1) is 12.6. The predicted molar refractivity (Wildman–Crippen MR) is 108 cm³/mol. The Kier molecular flexibility index (Phi) is 6.38. The van der Waals surface area contributed by atoms with E-state index in [0.717, 1.165) is 51.4 Å². The molecule has 0 amide bonds. The first-order valence-corrected chi connectivity index (χ1v) is 9.85. The van der Waals surface area contributed by atoms with Crippen LogP contribution in [-0.4, -0.2) is 48.2 Å².